The van der Waals surface area contributed by atoms with Crippen LogP contribution in [0.15, 0.2) is 46.8 Å². The van der Waals surface area contributed by atoms with Crippen LogP contribution >= 0.6 is 34.7 Å². The lowest BCUT2D eigenvalue weighted by atomic mass is 10.2. The van der Waals surface area contributed by atoms with Crippen LogP contribution in [0.25, 0.3) is 0 Å². The van der Waals surface area contributed by atoms with Gasteiger partial charge in [-0.2, -0.15) is 5.26 Å². The molecule has 0 fully saturated rings. The summed E-state index contributed by atoms with van der Waals surface area (Å²) in [4.78, 5) is 12.0. The van der Waals surface area contributed by atoms with Gasteiger partial charge in [-0.05, 0) is 48.4 Å². The second-order valence-electron chi connectivity index (χ2n) is 5.72. The number of carbonyl (C=O) groups excluding carboxylic acids is 1. The van der Waals surface area contributed by atoms with Crippen LogP contribution in [-0.2, 0) is 10.5 Å². The lowest BCUT2D eigenvalue weighted by Crippen LogP contribution is -2.20. The Morgan fingerprint density at radius 3 is 2.79 bits per heavy atom. The van der Waals surface area contributed by atoms with E-state index in [0.717, 1.165) is 15.5 Å². The molecule has 0 aliphatic heterocycles. The van der Waals surface area contributed by atoms with Crippen LogP contribution in [0.4, 0.5) is 5.13 Å². The topological polar surface area (TPSA) is 87.9 Å². The molecule has 0 radical (unpaired) electrons. The molecule has 0 atom stereocenters. The van der Waals surface area contributed by atoms with Crippen molar-refractivity contribution in [1.82, 2.24) is 10.2 Å². The zero-order valence-electron chi connectivity index (χ0n) is 14.8. The number of hydrogen-bond donors (Lipinski definition) is 1. The highest BCUT2D eigenvalue weighted by Crippen LogP contribution is 2.28. The van der Waals surface area contributed by atoms with E-state index >= 15 is 0 Å². The summed E-state index contributed by atoms with van der Waals surface area (Å²) in [5.74, 6) is 0.966. The number of thioether (sulfide) groups is 1. The molecule has 9 heteroatoms. The molecule has 28 heavy (non-hydrogen) atoms. The van der Waals surface area contributed by atoms with Gasteiger partial charge in [0.25, 0.3) is 5.91 Å². The maximum Gasteiger partial charge on any atom is 0.264 e. The highest BCUT2D eigenvalue weighted by molar-refractivity contribution is 8.00. The van der Waals surface area contributed by atoms with Gasteiger partial charge in [0, 0.05) is 10.8 Å². The molecule has 0 saturated heterocycles. The molecule has 0 unspecified atom stereocenters. The largest absolute Gasteiger partial charge is 0.484 e. The van der Waals surface area contributed by atoms with Crippen molar-refractivity contribution in [3.05, 3.63) is 64.2 Å². The summed E-state index contributed by atoms with van der Waals surface area (Å²) < 4.78 is 6.21. The predicted molar refractivity (Wildman–Crippen MR) is 111 cm³/mol. The molecule has 6 nitrogen and oxygen atoms in total. The van der Waals surface area contributed by atoms with Crippen LogP contribution < -0.4 is 10.1 Å². The van der Waals surface area contributed by atoms with Gasteiger partial charge in [-0.15, -0.1) is 10.2 Å². The van der Waals surface area contributed by atoms with Gasteiger partial charge in [-0.1, -0.05) is 46.8 Å². The van der Waals surface area contributed by atoms with E-state index < -0.39 is 0 Å². The summed E-state index contributed by atoms with van der Waals surface area (Å²) in [7, 11) is 0. The maximum absolute atomic E-state index is 12.0. The lowest BCUT2D eigenvalue weighted by molar-refractivity contribution is -0.118. The number of benzene rings is 2. The number of anilines is 1. The van der Waals surface area contributed by atoms with E-state index in [2.05, 4.69) is 21.6 Å². The molecular weight excluding hydrogens is 416 g/mol. The minimum atomic E-state index is -0.313. The highest BCUT2D eigenvalue weighted by Gasteiger charge is 2.10. The number of amides is 1. The van der Waals surface area contributed by atoms with Crippen molar-refractivity contribution in [1.29, 1.82) is 5.26 Å². The predicted octanol–water partition coefficient (Wildman–Crippen LogP) is 4.68. The molecule has 0 aliphatic carbocycles. The summed E-state index contributed by atoms with van der Waals surface area (Å²) in [5, 5.41) is 20.6. The normalized spacial score (nSPS) is 10.3. The summed E-state index contributed by atoms with van der Waals surface area (Å²) >= 11 is 8.78. The summed E-state index contributed by atoms with van der Waals surface area (Å²) in [6.45, 7) is 1.74. The number of aromatic nitrogens is 2. The Kier molecular flexibility index (Phi) is 6.87. The first-order chi connectivity index (χ1) is 13.5. The number of aryl methyl sites for hydroxylation is 1. The molecule has 1 amide bonds. The Balaban J connectivity index is 1.47. The zero-order valence-corrected chi connectivity index (χ0v) is 17.2. The number of ether oxygens (including phenoxy) is 1. The van der Waals surface area contributed by atoms with E-state index in [-0.39, 0.29) is 12.5 Å². The first-order valence-corrected chi connectivity index (χ1v) is 10.4. The Hall–Kier alpha value is -2.60. The van der Waals surface area contributed by atoms with Crippen molar-refractivity contribution in [3.63, 3.8) is 0 Å². The van der Waals surface area contributed by atoms with Gasteiger partial charge in [0.2, 0.25) is 5.13 Å². The van der Waals surface area contributed by atoms with Crippen LogP contribution in [-0.4, -0.2) is 22.7 Å². The number of nitriles is 1. The first kappa shape index (κ1) is 20.1. The number of halogens is 1. The fraction of sp³-hybridized carbons (Fsp3) is 0.158. The van der Waals surface area contributed by atoms with Crippen LogP contribution in [0.5, 0.6) is 5.75 Å². The van der Waals surface area contributed by atoms with Crippen LogP contribution in [0.2, 0.25) is 5.02 Å². The maximum atomic E-state index is 12.0. The first-order valence-electron chi connectivity index (χ1n) is 8.17. The Labute approximate surface area is 175 Å². The third-order valence-corrected chi connectivity index (χ3v) is 6.06. The molecule has 0 aliphatic rings. The molecule has 1 heterocycles. The van der Waals surface area contributed by atoms with Crippen LogP contribution in [0.1, 0.15) is 16.7 Å². The lowest BCUT2D eigenvalue weighted by Gasteiger charge is -2.07. The SMILES string of the molecule is Cc1cc(OCC(=O)Nc2nnc(SCc3ccc(C#N)cc3)s2)ccc1Cl. The van der Waals surface area contributed by atoms with Gasteiger partial charge < -0.3 is 4.74 Å². The molecular formula is C19H15ClN4O2S2. The van der Waals surface area contributed by atoms with Crippen molar-refractivity contribution in [2.45, 2.75) is 17.0 Å². The highest BCUT2D eigenvalue weighted by atomic mass is 35.5. The smallest absolute Gasteiger partial charge is 0.264 e. The van der Waals surface area contributed by atoms with E-state index in [9.17, 15) is 4.79 Å². The quantitative estimate of drug-likeness (QED) is 0.432. The van der Waals surface area contributed by atoms with Crippen molar-refractivity contribution in [2.24, 2.45) is 0 Å². The van der Waals surface area contributed by atoms with Crippen LogP contribution in [0.3, 0.4) is 0 Å². The Morgan fingerprint density at radius 2 is 2.07 bits per heavy atom. The van der Waals surface area contributed by atoms with Crippen molar-refractivity contribution >= 4 is 45.7 Å². The summed E-state index contributed by atoms with van der Waals surface area (Å²) in [6.07, 6.45) is 0. The van der Waals surface area contributed by atoms with E-state index in [4.69, 9.17) is 21.6 Å². The van der Waals surface area contributed by atoms with Gasteiger partial charge in [-0.3, -0.25) is 10.1 Å². The number of hydrogen-bond acceptors (Lipinski definition) is 7. The number of carbonyl (C=O) groups is 1. The van der Waals surface area contributed by atoms with Gasteiger partial charge in [0.1, 0.15) is 5.75 Å². The third kappa shape index (κ3) is 5.70. The molecule has 0 bridgehead atoms. The van der Waals surface area contributed by atoms with Crippen molar-refractivity contribution in [3.8, 4) is 11.8 Å². The summed E-state index contributed by atoms with van der Waals surface area (Å²) in [5.41, 5.74) is 2.59. The number of rotatable bonds is 7. The molecule has 1 aromatic heterocycles. The van der Waals surface area contributed by atoms with Gasteiger partial charge >= 0.3 is 0 Å². The molecule has 2 aromatic carbocycles. The summed E-state index contributed by atoms with van der Waals surface area (Å²) in [6, 6.07) is 14.7. The zero-order chi connectivity index (χ0) is 19.9. The Morgan fingerprint density at radius 1 is 1.29 bits per heavy atom. The molecule has 0 spiro atoms. The standard InChI is InChI=1S/C19H15ClN4O2S2/c1-12-8-15(6-7-16(12)20)26-10-17(25)22-18-23-24-19(28-18)27-11-14-4-2-13(9-21)3-5-14/h2-8H,10-11H2,1H3,(H,22,23,25). The number of nitrogens with one attached hydrogen (secondary N) is 1. The fourth-order valence-corrected chi connectivity index (χ4v) is 3.99. The Bertz CT molecular complexity index is 1020. The molecule has 142 valence electrons. The van der Waals surface area contributed by atoms with E-state index in [1.54, 1.807) is 30.3 Å². The van der Waals surface area contributed by atoms with E-state index in [1.165, 1.54) is 23.1 Å². The second-order valence-corrected chi connectivity index (χ2v) is 8.33. The molecule has 3 rings (SSSR count). The molecule has 1 N–H and O–H groups in total. The minimum Gasteiger partial charge on any atom is -0.484 e. The van der Waals surface area contributed by atoms with Gasteiger partial charge in [-0.25, -0.2) is 0 Å². The van der Waals surface area contributed by atoms with Gasteiger partial charge in [0.05, 0.1) is 11.6 Å². The monoisotopic (exact) mass is 430 g/mol. The molecule has 0 saturated carbocycles. The van der Waals surface area contributed by atoms with Crippen molar-refractivity contribution in [2.75, 3.05) is 11.9 Å². The van der Waals surface area contributed by atoms with Crippen molar-refractivity contribution < 1.29 is 9.53 Å². The van der Waals surface area contributed by atoms with E-state index in [1.807, 2.05) is 19.1 Å². The van der Waals surface area contributed by atoms with E-state index in [0.29, 0.717) is 27.2 Å². The second kappa shape index (κ2) is 9.55. The molecule has 3 aromatic rings. The fourth-order valence-electron chi connectivity index (χ4n) is 2.15. The minimum absolute atomic E-state index is 0.131. The average Bonchev–Trinajstić information content (AvgIpc) is 3.15. The number of nitrogens with zero attached hydrogens (tertiary/aromatic N) is 3. The third-order valence-electron chi connectivity index (χ3n) is 3.60. The van der Waals surface area contributed by atoms with Gasteiger partial charge in [0.15, 0.2) is 10.9 Å². The average molecular weight is 431 g/mol. The van der Waals surface area contributed by atoms with Crippen LogP contribution in [0, 0.1) is 18.3 Å².